The van der Waals surface area contributed by atoms with Crippen LogP contribution < -0.4 is 10.6 Å². The molecule has 0 bridgehead atoms. The predicted molar refractivity (Wildman–Crippen MR) is 150 cm³/mol. The molecule has 212 valence electrons. The lowest BCUT2D eigenvalue weighted by molar-refractivity contribution is -0.138. The zero-order valence-electron chi connectivity index (χ0n) is 22.3. The van der Waals surface area contributed by atoms with E-state index in [1.165, 1.54) is 43.9 Å². The summed E-state index contributed by atoms with van der Waals surface area (Å²) in [6.45, 7) is -0.340. The number of nitrogens with zero attached hydrogens (tertiary/aromatic N) is 1. The number of rotatable bonds is 9. The summed E-state index contributed by atoms with van der Waals surface area (Å²) < 4.78 is 46.3. The summed E-state index contributed by atoms with van der Waals surface area (Å²) in [5.74, 6) is 0.275. The molecule has 5 rings (SSSR count). The fraction of sp³-hybridized carbons (Fsp3) is 0.281. The first kappa shape index (κ1) is 28.1. The lowest BCUT2D eigenvalue weighted by Gasteiger charge is -2.13. The summed E-state index contributed by atoms with van der Waals surface area (Å²) in [5, 5.41) is 5.47. The van der Waals surface area contributed by atoms with Gasteiger partial charge in [-0.15, -0.1) is 0 Å². The molecule has 4 aromatic rings. The van der Waals surface area contributed by atoms with Gasteiger partial charge in [-0.2, -0.15) is 13.2 Å². The van der Waals surface area contributed by atoms with E-state index in [1.807, 2.05) is 6.07 Å². The van der Waals surface area contributed by atoms with Crippen molar-refractivity contribution >= 4 is 17.5 Å². The number of anilines is 1. The standard InChI is InChI=1S/C32H30F3N3O3/c33-32(34,35)26-13-7-6-12-24(26)20-36-30(40)28-29(41-31(38-28)23-10-2-1-3-11-23)22-15-17-25(18-16-22)37-27(39)19-14-21-8-4-5-9-21/h1-3,6-7,10-13,15-18,21H,4-5,8-9,14,19-20H2,(H,36,40)(H,37,39). The highest BCUT2D eigenvalue weighted by atomic mass is 19.4. The Morgan fingerprint density at radius 2 is 1.56 bits per heavy atom. The Morgan fingerprint density at radius 1 is 0.878 bits per heavy atom. The van der Waals surface area contributed by atoms with Crippen molar-refractivity contribution in [3.8, 4) is 22.8 Å². The number of benzene rings is 3. The molecule has 0 spiro atoms. The van der Waals surface area contributed by atoms with Gasteiger partial charge in [0, 0.05) is 29.8 Å². The molecule has 1 aliphatic rings. The minimum absolute atomic E-state index is 0.0464. The number of carbonyl (C=O) groups is 2. The topological polar surface area (TPSA) is 84.2 Å². The number of amides is 2. The molecule has 0 unspecified atom stereocenters. The van der Waals surface area contributed by atoms with Crippen LogP contribution in [0.5, 0.6) is 0 Å². The second-order valence-electron chi connectivity index (χ2n) is 10.2. The van der Waals surface area contributed by atoms with Crippen molar-refractivity contribution < 1.29 is 27.2 Å². The Bertz CT molecular complexity index is 1490. The fourth-order valence-electron chi connectivity index (χ4n) is 5.15. The third-order valence-electron chi connectivity index (χ3n) is 7.31. The molecule has 3 aromatic carbocycles. The molecule has 0 aliphatic heterocycles. The molecule has 0 saturated heterocycles. The first-order valence-electron chi connectivity index (χ1n) is 13.7. The summed E-state index contributed by atoms with van der Waals surface area (Å²) in [5.41, 5.74) is 0.858. The average molecular weight is 562 g/mol. The van der Waals surface area contributed by atoms with Crippen molar-refractivity contribution in [2.75, 3.05) is 5.32 Å². The first-order chi connectivity index (χ1) is 19.8. The highest BCUT2D eigenvalue weighted by Gasteiger charge is 2.33. The number of hydrogen-bond donors (Lipinski definition) is 2. The monoisotopic (exact) mass is 561 g/mol. The van der Waals surface area contributed by atoms with Crippen LogP contribution in [-0.4, -0.2) is 16.8 Å². The maximum Gasteiger partial charge on any atom is 0.416 e. The van der Waals surface area contributed by atoms with Crippen molar-refractivity contribution in [3.05, 3.63) is 95.7 Å². The van der Waals surface area contributed by atoms with E-state index in [4.69, 9.17) is 4.42 Å². The Morgan fingerprint density at radius 3 is 2.27 bits per heavy atom. The van der Waals surface area contributed by atoms with E-state index in [2.05, 4.69) is 15.6 Å². The van der Waals surface area contributed by atoms with Crippen molar-refractivity contribution in [1.82, 2.24) is 10.3 Å². The number of alkyl halides is 3. The molecular formula is C32H30F3N3O3. The van der Waals surface area contributed by atoms with E-state index < -0.39 is 17.6 Å². The molecule has 1 heterocycles. The van der Waals surface area contributed by atoms with Gasteiger partial charge in [0.1, 0.15) is 0 Å². The molecule has 1 fully saturated rings. The first-order valence-corrected chi connectivity index (χ1v) is 13.7. The lowest BCUT2D eigenvalue weighted by Crippen LogP contribution is -2.25. The van der Waals surface area contributed by atoms with E-state index in [-0.39, 0.29) is 35.4 Å². The van der Waals surface area contributed by atoms with Gasteiger partial charge in [0.15, 0.2) is 11.5 Å². The van der Waals surface area contributed by atoms with E-state index >= 15 is 0 Å². The fourth-order valence-corrected chi connectivity index (χ4v) is 5.15. The molecule has 9 heteroatoms. The molecule has 1 aromatic heterocycles. The van der Waals surface area contributed by atoms with E-state index in [0.717, 1.165) is 12.5 Å². The summed E-state index contributed by atoms with van der Waals surface area (Å²) in [6, 6.07) is 20.9. The molecule has 2 amide bonds. The normalized spacial score (nSPS) is 13.7. The van der Waals surface area contributed by atoms with Gasteiger partial charge in [-0.1, -0.05) is 62.1 Å². The smallest absolute Gasteiger partial charge is 0.416 e. The van der Waals surface area contributed by atoms with Gasteiger partial charge in [0.2, 0.25) is 11.8 Å². The number of nitrogens with one attached hydrogen (secondary N) is 2. The van der Waals surface area contributed by atoms with Gasteiger partial charge in [-0.25, -0.2) is 4.98 Å². The number of halogens is 3. The molecular weight excluding hydrogens is 531 g/mol. The molecule has 6 nitrogen and oxygen atoms in total. The zero-order valence-corrected chi connectivity index (χ0v) is 22.3. The maximum absolute atomic E-state index is 13.4. The van der Waals surface area contributed by atoms with Crippen molar-refractivity contribution in [1.29, 1.82) is 0 Å². The molecule has 41 heavy (non-hydrogen) atoms. The van der Waals surface area contributed by atoms with Crippen molar-refractivity contribution in [3.63, 3.8) is 0 Å². The second kappa shape index (κ2) is 12.4. The maximum atomic E-state index is 13.4. The third kappa shape index (κ3) is 7.03. The van der Waals surface area contributed by atoms with Crippen molar-refractivity contribution in [2.45, 2.75) is 51.2 Å². The molecule has 0 radical (unpaired) electrons. The minimum Gasteiger partial charge on any atom is -0.435 e. The Balaban J connectivity index is 1.35. The van der Waals surface area contributed by atoms with Gasteiger partial charge in [0.25, 0.3) is 5.91 Å². The second-order valence-corrected chi connectivity index (χ2v) is 10.2. The number of hydrogen-bond acceptors (Lipinski definition) is 4. The summed E-state index contributed by atoms with van der Waals surface area (Å²) in [7, 11) is 0. The Kier molecular flexibility index (Phi) is 8.52. The highest BCUT2D eigenvalue weighted by molar-refractivity contribution is 5.98. The van der Waals surface area contributed by atoms with Gasteiger partial charge in [-0.3, -0.25) is 9.59 Å². The SMILES string of the molecule is O=C(CCC1CCCC1)Nc1ccc(-c2oc(-c3ccccc3)nc2C(=O)NCc2ccccc2C(F)(F)F)cc1. The predicted octanol–water partition coefficient (Wildman–Crippen LogP) is 7.87. The van der Waals surface area contributed by atoms with Crippen LogP contribution in [0.4, 0.5) is 18.9 Å². The van der Waals surface area contributed by atoms with Crippen LogP contribution in [0.2, 0.25) is 0 Å². The lowest BCUT2D eigenvalue weighted by atomic mass is 10.0. The largest absolute Gasteiger partial charge is 0.435 e. The minimum atomic E-state index is -4.55. The number of oxazole rings is 1. The Hall–Kier alpha value is -4.40. The van der Waals surface area contributed by atoms with Gasteiger partial charge in [-0.05, 0) is 60.4 Å². The molecule has 1 aliphatic carbocycles. The third-order valence-corrected chi connectivity index (χ3v) is 7.31. The van der Waals surface area contributed by atoms with Crippen LogP contribution in [0.25, 0.3) is 22.8 Å². The van der Waals surface area contributed by atoms with Gasteiger partial charge >= 0.3 is 6.18 Å². The van der Waals surface area contributed by atoms with E-state index in [0.29, 0.717) is 29.2 Å². The van der Waals surface area contributed by atoms with Crippen LogP contribution in [-0.2, 0) is 17.5 Å². The van der Waals surface area contributed by atoms with Crippen LogP contribution in [0.1, 0.15) is 60.1 Å². The van der Waals surface area contributed by atoms with Gasteiger partial charge in [0.05, 0.1) is 5.56 Å². The van der Waals surface area contributed by atoms with Crippen LogP contribution >= 0.6 is 0 Å². The molecule has 1 saturated carbocycles. The summed E-state index contributed by atoms with van der Waals surface area (Å²) >= 11 is 0. The molecule has 0 atom stereocenters. The zero-order chi connectivity index (χ0) is 28.8. The van der Waals surface area contributed by atoms with E-state index in [9.17, 15) is 22.8 Å². The van der Waals surface area contributed by atoms with Crippen LogP contribution in [0, 0.1) is 5.92 Å². The van der Waals surface area contributed by atoms with Crippen LogP contribution in [0.15, 0.2) is 83.3 Å². The van der Waals surface area contributed by atoms with Gasteiger partial charge < -0.3 is 15.1 Å². The van der Waals surface area contributed by atoms with Crippen LogP contribution in [0.3, 0.4) is 0 Å². The average Bonchev–Trinajstić information content (AvgIpc) is 3.66. The van der Waals surface area contributed by atoms with E-state index in [1.54, 1.807) is 48.5 Å². The number of aromatic nitrogens is 1. The molecule has 2 N–H and O–H groups in total. The quantitative estimate of drug-likeness (QED) is 0.218. The summed E-state index contributed by atoms with van der Waals surface area (Å²) in [6.07, 6.45) is 1.66. The Labute approximate surface area is 236 Å². The van der Waals surface area contributed by atoms with Crippen molar-refractivity contribution in [2.24, 2.45) is 5.92 Å². The summed E-state index contributed by atoms with van der Waals surface area (Å²) in [4.78, 5) is 30.1. The number of carbonyl (C=O) groups excluding carboxylic acids is 2. The highest BCUT2D eigenvalue weighted by Crippen LogP contribution is 2.33.